The molecule has 3 N–H and O–H groups in total. The van der Waals surface area contributed by atoms with Gasteiger partial charge in [-0.2, -0.15) is 0 Å². The molecule has 1 heterocycles. The third-order valence-electron chi connectivity index (χ3n) is 2.01. The van der Waals surface area contributed by atoms with E-state index >= 15 is 0 Å². The smallest absolute Gasteiger partial charge is 0.234 e. The monoisotopic (exact) mass is 201 g/mol. The first-order chi connectivity index (χ1) is 6.18. The van der Waals surface area contributed by atoms with E-state index in [1.165, 1.54) is 0 Å². The van der Waals surface area contributed by atoms with Gasteiger partial charge in [0, 0.05) is 26.1 Å². The second-order valence-corrected chi connectivity index (χ2v) is 3.72. The van der Waals surface area contributed by atoms with Gasteiger partial charge in [0.05, 0.1) is 11.5 Å². The maximum atomic E-state index is 11.1. The van der Waals surface area contributed by atoms with Crippen LogP contribution < -0.4 is 11.1 Å². The lowest BCUT2D eigenvalue weighted by atomic mass is 10.3. The van der Waals surface area contributed by atoms with Crippen LogP contribution in [0.25, 0.3) is 0 Å². The Morgan fingerprint density at radius 1 is 1.69 bits per heavy atom. The fourth-order valence-electron chi connectivity index (χ4n) is 1.33. The topological polar surface area (TPSA) is 58.4 Å². The summed E-state index contributed by atoms with van der Waals surface area (Å²) in [7, 11) is 0. The highest BCUT2D eigenvalue weighted by Gasteiger charge is 2.13. The van der Waals surface area contributed by atoms with Gasteiger partial charge in [0.25, 0.3) is 0 Å². The Kier molecular flexibility index (Phi) is 4.11. The summed E-state index contributed by atoms with van der Waals surface area (Å²) in [6.07, 6.45) is 1.70. The summed E-state index contributed by atoms with van der Waals surface area (Å²) < 4.78 is 0. The summed E-state index contributed by atoms with van der Waals surface area (Å²) in [6.45, 7) is 3.00. The third kappa shape index (κ3) is 4.19. The summed E-state index contributed by atoms with van der Waals surface area (Å²) in [4.78, 5) is 13.7. The van der Waals surface area contributed by atoms with E-state index in [-0.39, 0.29) is 5.91 Å². The van der Waals surface area contributed by atoms with Crippen LogP contribution in [-0.4, -0.2) is 42.0 Å². The Balaban J connectivity index is 2.30. The molecule has 0 aliphatic carbocycles. The quantitative estimate of drug-likeness (QED) is 0.604. The number of rotatable bonds is 3. The molecule has 1 saturated heterocycles. The van der Waals surface area contributed by atoms with Crippen molar-refractivity contribution in [3.8, 4) is 0 Å². The van der Waals surface area contributed by atoms with Gasteiger partial charge in [0.1, 0.15) is 0 Å². The first-order valence-electron chi connectivity index (χ1n) is 4.46. The first-order valence-corrected chi connectivity index (χ1v) is 4.86. The standard InChI is InChI=1S/C8H15N3OS/c9-7(13)2-5-11-4-1-3-10-8(12)6-11/h1-6H2,(H2,9,13)(H,10,12). The molecule has 4 nitrogen and oxygen atoms in total. The van der Waals surface area contributed by atoms with Gasteiger partial charge in [-0.1, -0.05) is 12.2 Å². The van der Waals surface area contributed by atoms with E-state index < -0.39 is 0 Å². The van der Waals surface area contributed by atoms with Gasteiger partial charge >= 0.3 is 0 Å². The van der Waals surface area contributed by atoms with E-state index in [2.05, 4.69) is 10.2 Å². The average Bonchev–Trinajstić information content (AvgIpc) is 2.26. The van der Waals surface area contributed by atoms with Crippen LogP contribution in [0.4, 0.5) is 0 Å². The zero-order chi connectivity index (χ0) is 9.68. The fraction of sp³-hybridized carbons (Fsp3) is 0.750. The van der Waals surface area contributed by atoms with Gasteiger partial charge in [-0.05, 0) is 6.42 Å². The van der Waals surface area contributed by atoms with Gasteiger partial charge in [0.15, 0.2) is 0 Å². The molecule has 13 heavy (non-hydrogen) atoms. The Morgan fingerprint density at radius 2 is 2.46 bits per heavy atom. The van der Waals surface area contributed by atoms with E-state index in [1.54, 1.807) is 0 Å². The molecule has 0 atom stereocenters. The minimum atomic E-state index is 0.0976. The Morgan fingerprint density at radius 3 is 3.15 bits per heavy atom. The summed E-state index contributed by atoms with van der Waals surface area (Å²) in [5.74, 6) is 0.0976. The van der Waals surface area contributed by atoms with Gasteiger partial charge in [-0.15, -0.1) is 0 Å². The van der Waals surface area contributed by atoms with Crippen molar-refractivity contribution in [1.82, 2.24) is 10.2 Å². The molecule has 1 rings (SSSR count). The van der Waals surface area contributed by atoms with Crippen molar-refractivity contribution in [2.45, 2.75) is 12.8 Å². The molecule has 0 aromatic carbocycles. The van der Waals surface area contributed by atoms with E-state index in [1.807, 2.05) is 0 Å². The first kappa shape index (κ1) is 10.4. The zero-order valence-corrected chi connectivity index (χ0v) is 8.40. The van der Waals surface area contributed by atoms with Crippen LogP contribution in [0.2, 0.25) is 0 Å². The maximum Gasteiger partial charge on any atom is 0.234 e. The molecule has 0 saturated carbocycles. The number of carbonyl (C=O) groups is 1. The average molecular weight is 201 g/mol. The Hall–Kier alpha value is -0.680. The lowest BCUT2D eigenvalue weighted by Gasteiger charge is -2.17. The molecule has 0 spiro atoms. The maximum absolute atomic E-state index is 11.1. The lowest BCUT2D eigenvalue weighted by molar-refractivity contribution is -0.121. The predicted octanol–water partition coefficient (Wildman–Crippen LogP) is -0.516. The summed E-state index contributed by atoms with van der Waals surface area (Å²) in [5.41, 5.74) is 5.39. The van der Waals surface area contributed by atoms with Crippen molar-refractivity contribution in [2.75, 3.05) is 26.2 Å². The molecule has 74 valence electrons. The molecule has 1 amide bonds. The van der Waals surface area contributed by atoms with Gasteiger partial charge in [0.2, 0.25) is 5.91 Å². The number of nitrogens with zero attached hydrogens (tertiary/aromatic N) is 1. The number of hydrogen-bond acceptors (Lipinski definition) is 3. The molecule has 0 aromatic rings. The summed E-state index contributed by atoms with van der Waals surface area (Å²) in [6, 6.07) is 0. The predicted molar refractivity (Wildman–Crippen MR) is 55.5 cm³/mol. The molecule has 0 bridgehead atoms. The molecule has 1 aliphatic heterocycles. The van der Waals surface area contributed by atoms with Crippen LogP contribution in [-0.2, 0) is 4.79 Å². The van der Waals surface area contributed by atoms with Crippen molar-refractivity contribution in [3.05, 3.63) is 0 Å². The number of nitrogens with one attached hydrogen (secondary N) is 1. The molecule has 5 heteroatoms. The molecule has 0 unspecified atom stereocenters. The highest BCUT2D eigenvalue weighted by atomic mass is 32.1. The van der Waals surface area contributed by atoms with Gasteiger partial charge in [-0.3, -0.25) is 9.69 Å². The number of carbonyl (C=O) groups excluding carboxylic acids is 1. The Bertz CT molecular complexity index is 208. The van der Waals surface area contributed by atoms with Crippen LogP contribution >= 0.6 is 12.2 Å². The zero-order valence-electron chi connectivity index (χ0n) is 7.58. The second kappa shape index (κ2) is 5.14. The molecular weight excluding hydrogens is 186 g/mol. The van der Waals surface area contributed by atoms with Crippen LogP contribution in [0, 0.1) is 0 Å². The molecule has 1 fully saturated rings. The summed E-state index contributed by atoms with van der Waals surface area (Å²) >= 11 is 4.78. The van der Waals surface area contributed by atoms with E-state index in [0.717, 1.165) is 26.1 Å². The van der Waals surface area contributed by atoms with Crippen molar-refractivity contribution >= 4 is 23.1 Å². The van der Waals surface area contributed by atoms with Crippen LogP contribution in [0.1, 0.15) is 12.8 Å². The van der Waals surface area contributed by atoms with Crippen LogP contribution in [0.3, 0.4) is 0 Å². The molecule has 0 radical (unpaired) electrons. The number of thiocarbonyl (C=S) groups is 1. The fourth-order valence-corrected chi connectivity index (χ4v) is 1.42. The van der Waals surface area contributed by atoms with Crippen molar-refractivity contribution < 1.29 is 4.79 Å². The van der Waals surface area contributed by atoms with Crippen molar-refractivity contribution in [1.29, 1.82) is 0 Å². The largest absolute Gasteiger partial charge is 0.393 e. The minimum Gasteiger partial charge on any atom is -0.393 e. The van der Waals surface area contributed by atoms with E-state index in [4.69, 9.17) is 18.0 Å². The normalized spacial score (nSPS) is 19.2. The van der Waals surface area contributed by atoms with Crippen molar-refractivity contribution in [2.24, 2.45) is 5.73 Å². The number of nitrogens with two attached hydrogens (primary N) is 1. The molecule has 1 aliphatic rings. The number of hydrogen-bond donors (Lipinski definition) is 2. The second-order valence-electron chi connectivity index (χ2n) is 3.20. The third-order valence-corrected chi connectivity index (χ3v) is 2.22. The summed E-state index contributed by atoms with van der Waals surface area (Å²) in [5, 5.41) is 2.82. The van der Waals surface area contributed by atoms with Crippen molar-refractivity contribution in [3.63, 3.8) is 0 Å². The minimum absolute atomic E-state index is 0.0976. The number of amides is 1. The SMILES string of the molecule is NC(=S)CCN1CCCNC(=O)C1. The van der Waals surface area contributed by atoms with E-state index in [9.17, 15) is 4.79 Å². The Labute approximate surface area is 83.5 Å². The van der Waals surface area contributed by atoms with Crippen LogP contribution in [0.5, 0.6) is 0 Å². The van der Waals surface area contributed by atoms with E-state index in [0.29, 0.717) is 18.0 Å². The highest BCUT2D eigenvalue weighted by Crippen LogP contribution is 1.97. The molecular formula is C8H15N3OS. The molecule has 0 aromatic heterocycles. The van der Waals surface area contributed by atoms with Gasteiger partial charge in [-0.25, -0.2) is 0 Å². The van der Waals surface area contributed by atoms with Gasteiger partial charge < -0.3 is 11.1 Å². The lowest BCUT2D eigenvalue weighted by Crippen LogP contribution is -2.34. The highest BCUT2D eigenvalue weighted by molar-refractivity contribution is 7.80. The van der Waals surface area contributed by atoms with Crippen LogP contribution in [0.15, 0.2) is 0 Å².